The molecular weight excluding hydrogens is 240 g/mol. The maximum Gasteiger partial charge on any atom is 0.296 e. The molecule has 0 saturated carbocycles. The zero-order chi connectivity index (χ0) is 13.4. The normalized spacial score (nSPS) is 22.4. The highest BCUT2D eigenvalue weighted by molar-refractivity contribution is 6.51. The first kappa shape index (κ1) is 12.2. The lowest BCUT2D eigenvalue weighted by Crippen LogP contribution is -2.39. The van der Waals surface area contributed by atoms with Crippen LogP contribution in [-0.2, 0) is 4.79 Å². The summed E-state index contributed by atoms with van der Waals surface area (Å²) in [4.78, 5) is 25.3. The minimum absolute atomic E-state index is 0.424. The molecule has 2 aliphatic heterocycles. The molecule has 4 nitrogen and oxygen atoms in total. The van der Waals surface area contributed by atoms with Gasteiger partial charge in [0.05, 0.1) is 11.3 Å². The smallest absolute Gasteiger partial charge is 0.296 e. The number of benzene rings is 1. The second kappa shape index (κ2) is 4.68. The molecule has 0 bridgehead atoms. The van der Waals surface area contributed by atoms with E-state index in [1.807, 2.05) is 12.1 Å². The van der Waals surface area contributed by atoms with Crippen LogP contribution in [-0.4, -0.2) is 24.3 Å². The zero-order valence-corrected chi connectivity index (χ0v) is 11.1. The Hall–Kier alpha value is -1.84. The molecule has 1 aromatic carbocycles. The summed E-state index contributed by atoms with van der Waals surface area (Å²) in [5.41, 5.74) is 2.27. The molecule has 1 saturated heterocycles. The van der Waals surface area contributed by atoms with Crippen LogP contribution in [0, 0.1) is 0 Å². The fourth-order valence-electron chi connectivity index (χ4n) is 3.08. The van der Waals surface area contributed by atoms with Crippen molar-refractivity contribution in [3.63, 3.8) is 0 Å². The first-order valence-electron chi connectivity index (χ1n) is 6.97. The van der Waals surface area contributed by atoms with E-state index in [4.69, 9.17) is 0 Å². The molecule has 1 fully saturated rings. The van der Waals surface area contributed by atoms with E-state index in [1.165, 1.54) is 19.3 Å². The van der Waals surface area contributed by atoms with Crippen molar-refractivity contribution < 1.29 is 9.59 Å². The summed E-state index contributed by atoms with van der Waals surface area (Å²) in [7, 11) is 0. The molecule has 2 heterocycles. The predicted molar refractivity (Wildman–Crippen MR) is 74.7 cm³/mol. The lowest BCUT2D eigenvalue weighted by atomic mass is 9.98. The van der Waals surface area contributed by atoms with Crippen LogP contribution in [0.15, 0.2) is 18.2 Å². The van der Waals surface area contributed by atoms with E-state index >= 15 is 0 Å². The standard InChI is InChI=1S/C15H18N2O2/c1-2-10-5-3-4-8-17(10)11-6-7-12-13(9-11)16-15(19)14(12)18/h6-7,9-10H,2-5,8H2,1H3,(H,16,18,19). The third-order valence-electron chi connectivity index (χ3n) is 4.13. The summed E-state index contributed by atoms with van der Waals surface area (Å²) in [6.07, 6.45) is 4.84. The predicted octanol–water partition coefficient (Wildman–Crippen LogP) is 2.59. The van der Waals surface area contributed by atoms with Crippen molar-refractivity contribution in [1.29, 1.82) is 0 Å². The van der Waals surface area contributed by atoms with Gasteiger partial charge in [0.25, 0.3) is 11.7 Å². The van der Waals surface area contributed by atoms with Gasteiger partial charge in [0.15, 0.2) is 0 Å². The fourth-order valence-corrected chi connectivity index (χ4v) is 3.08. The SMILES string of the molecule is CCC1CCCCN1c1ccc2c(c1)NC(=O)C2=O. The summed E-state index contributed by atoms with van der Waals surface area (Å²) in [5, 5.41) is 2.64. The quantitative estimate of drug-likeness (QED) is 0.829. The number of ketones is 1. The largest absolute Gasteiger partial charge is 0.368 e. The van der Waals surface area contributed by atoms with Crippen LogP contribution >= 0.6 is 0 Å². The van der Waals surface area contributed by atoms with Crippen molar-refractivity contribution in [2.24, 2.45) is 0 Å². The zero-order valence-electron chi connectivity index (χ0n) is 11.1. The van der Waals surface area contributed by atoms with Gasteiger partial charge in [-0.3, -0.25) is 9.59 Å². The van der Waals surface area contributed by atoms with Crippen molar-refractivity contribution in [2.45, 2.75) is 38.6 Å². The van der Waals surface area contributed by atoms with Gasteiger partial charge in [0, 0.05) is 18.3 Å². The highest BCUT2D eigenvalue weighted by Crippen LogP contribution is 2.32. The number of fused-ring (bicyclic) bond motifs is 1. The summed E-state index contributed by atoms with van der Waals surface area (Å²) in [6.45, 7) is 3.26. The molecule has 3 rings (SSSR count). The number of nitrogens with one attached hydrogen (secondary N) is 1. The molecule has 1 aromatic rings. The van der Waals surface area contributed by atoms with Crippen LogP contribution in [0.1, 0.15) is 43.0 Å². The molecule has 0 aromatic heterocycles. The number of piperidine rings is 1. The first-order chi connectivity index (χ1) is 9.20. The van der Waals surface area contributed by atoms with Gasteiger partial charge in [-0.1, -0.05) is 6.92 Å². The Labute approximate surface area is 112 Å². The van der Waals surface area contributed by atoms with Crippen molar-refractivity contribution >= 4 is 23.1 Å². The van der Waals surface area contributed by atoms with Crippen LogP contribution in [0.4, 0.5) is 11.4 Å². The van der Waals surface area contributed by atoms with Crippen LogP contribution in [0.3, 0.4) is 0 Å². The van der Waals surface area contributed by atoms with Gasteiger partial charge < -0.3 is 10.2 Å². The second-order valence-electron chi connectivity index (χ2n) is 5.26. The number of rotatable bonds is 2. The molecular formula is C15H18N2O2. The topological polar surface area (TPSA) is 49.4 Å². The Kier molecular flexibility index (Phi) is 3.01. The van der Waals surface area contributed by atoms with E-state index < -0.39 is 11.7 Å². The van der Waals surface area contributed by atoms with Crippen molar-refractivity contribution in [3.05, 3.63) is 23.8 Å². The van der Waals surface area contributed by atoms with Gasteiger partial charge in [0.1, 0.15) is 0 Å². The number of Topliss-reactive ketones (excluding diaryl/α,β-unsaturated/α-hetero) is 1. The van der Waals surface area contributed by atoms with E-state index in [0.29, 0.717) is 17.3 Å². The second-order valence-corrected chi connectivity index (χ2v) is 5.26. The van der Waals surface area contributed by atoms with Crippen LogP contribution < -0.4 is 10.2 Å². The minimum Gasteiger partial charge on any atom is -0.368 e. The first-order valence-corrected chi connectivity index (χ1v) is 6.97. The summed E-state index contributed by atoms with van der Waals surface area (Å²) in [5.74, 6) is -0.940. The summed E-state index contributed by atoms with van der Waals surface area (Å²) >= 11 is 0. The van der Waals surface area contributed by atoms with Crippen LogP contribution in [0.2, 0.25) is 0 Å². The van der Waals surface area contributed by atoms with Crippen molar-refractivity contribution in [1.82, 2.24) is 0 Å². The highest BCUT2D eigenvalue weighted by atomic mass is 16.2. The fraction of sp³-hybridized carbons (Fsp3) is 0.467. The lowest BCUT2D eigenvalue weighted by Gasteiger charge is -2.37. The van der Waals surface area contributed by atoms with Gasteiger partial charge in [0.2, 0.25) is 0 Å². The third kappa shape index (κ3) is 2.01. The van der Waals surface area contributed by atoms with Gasteiger partial charge in [-0.25, -0.2) is 0 Å². The van der Waals surface area contributed by atoms with Gasteiger partial charge in [-0.05, 0) is 43.9 Å². The highest BCUT2D eigenvalue weighted by Gasteiger charge is 2.29. The Morgan fingerprint density at radius 2 is 2.16 bits per heavy atom. The lowest BCUT2D eigenvalue weighted by molar-refractivity contribution is -0.112. The molecule has 1 unspecified atom stereocenters. The minimum atomic E-state index is -0.516. The molecule has 0 spiro atoms. The number of carbonyl (C=O) groups excluding carboxylic acids is 2. The maximum atomic E-state index is 11.6. The van der Waals surface area contributed by atoms with Crippen LogP contribution in [0.5, 0.6) is 0 Å². The van der Waals surface area contributed by atoms with Gasteiger partial charge in [-0.15, -0.1) is 0 Å². The Balaban J connectivity index is 1.92. The van der Waals surface area contributed by atoms with Crippen LogP contribution in [0.25, 0.3) is 0 Å². The summed E-state index contributed by atoms with van der Waals surface area (Å²) < 4.78 is 0. The maximum absolute atomic E-state index is 11.6. The molecule has 0 radical (unpaired) electrons. The number of amides is 1. The average molecular weight is 258 g/mol. The molecule has 100 valence electrons. The number of anilines is 2. The van der Waals surface area contributed by atoms with Gasteiger partial charge >= 0.3 is 0 Å². The molecule has 19 heavy (non-hydrogen) atoms. The number of hydrogen-bond acceptors (Lipinski definition) is 3. The molecule has 2 aliphatic rings. The van der Waals surface area contributed by atoms with E-state index in [0.717, 1.165) is 18.7 Å². The molecule has 1 N–H and O–H groups in total. The number of carbonyl (C=O) groups is 2. The molecule has 4 heteroatoms. The third-order valence-corrected chi connectivity index (χ3v) is 4.13. The molecule has 1 atom stereocenters. The number of hydrogen-bond donors (Lipinski definition) is 1. The van der Waals surface area contributed by atoms with E-state index in [-0.39, 0.29) is 0 Å². The molecule has 1 amide bonds. The van der Waals surface area contributed by atoms with Crippen molar-refractivity contribution in [3.8, 4) is 0 Å². The Bertz CT molecular complexity index is 539. The Morgan fingerprint density at radius 1 is 1.32 bits per heavy atom. The van der Waals surface area contributed by atoms with E-state index in [1.54, 1.807) is 6.07 Å². The molecule has 0 aliphatic carbocycles. The summed E-state index contributed by atoms with van der Waals surface area (Å²) in [6, 6.07) is 6.24. The number of nitrogens with zero attached hydrogens (tertiary/aromatic N) is 1. The van der Waals surface area contributed by atoms with E-state index in [2.05, 4.69) is 17.1 Å². The Morgan fingerprint density at radius 3 is 2.95 bits per heavy atom. The van der Waals surface area contributed by atoms with Gasteiger partial charge in [-0.2, -0.15) is 0 Å². The van der Waals surface area contributed by atoms with E-state index in [9.17, 15) is 9.59 Å². The van der Waals surface area contributed by atoms with Crippen molar-refractivity contribution in [2.75, 3.05) is 16.8 Å². The average Bonchev–Trinajstić information content (AvgIpc) is 2.73. The monoisotopic (exact) mass is 258 g/mol.